The molecule has 188 valence electrons. The molecule has 33 heavy (non-hydrogen) atoms. The van der Waals surface area contributed by atoms with Gasteiger partial charge in [0.1, 0.15) is 5.01 Å². The predicted molar refractivity (Wildman–Crippen MR) is 132 cm³/mol. The van der Waals surface area contributed by atoms with Crippen molar-refractivity contribution in [2.45, 2.75) is 98.2 Å². The normalized spacial score (nSPS) is 15.0. The van der Waals surface area contributed by atoms with Gasteiger partial charge < -0.3 is 21.1 Å². The molecule has 0 aliphatic heterocycles. The van der Waals surface area contributed by atoms with Crippen molar-refractivity contribution < 1.29 is 19.5 Å². The van der Waals surface area contributed by atoms with Gasteiger partial charge in [0.15, 0.2) is 5.69 Å². The molecule has 0 radical (unpaired) electrons. The van der Waals surface area contributed by atoms with Crippen molar-refractivity contribution in [1.82, 2.24) is 15.2 Å². The highest BCUT2D eigenvalue weighted by Crippen LogP contribution is 2.29. The Labute approximate surface area is 202 Å². The van der Waals surface area contributed by atoms with E-state index in [-0.39, 0.29) is 35.4 Å². The lowest BCUT2D eigenvalue weighted by atomic mass is 9.92. The smallest absolute Gasteiger partial charge is 0.355 e. The number of hydrogen-bond donors (Lipinski definition) is 3. The van der Waals surface area contributed by atoms with E-state index >= 15 is 0 Å². The predicted octanol–water partition coefficient (Wildman–Crippen LogP) is 4.22. The van der Waals surface area contributed by atoms with Crippen LogP contribution >= 0.6 is 11.3 Å². The van der Waals surface area contributed by atoms with Crippen molar-refractivity contribution >= 4 is 29.1 Å². The Morgan fingerprint density at radius 2 is 1.85 bits per heavy atom. The summed E-state index contributed by atoms with van der Waals surface area (Å²) in [5.41, 5.74) is 6.32. The molecule has 0 aliphatic rings. The van der Waals surface area contributed by atoms with Gasteiger partial charge in [0.2, 0.25) is 11.8 Å². The molecule has 0 saturated carbocycles. The molecule has 0 fully saturated rings. The average molecular weight is 483 g/mol. The fourth-order valence-electron chi connectivity index (χ4n) is 3.85. The highest BCUT2D eigenvalue weighted by Gasteiger charge is 2.34. The minimum Gasteiger partial charge on any atom is -0.476 e. The first-order valence-corrected chi connectivity index (χ1v) is 12.9. The van der Waals surface area contributed by atoms with E-state index in [1.807, 2.05) is 18.7 Å². The van der Waals surface area contributed by atoms with Crippen LogP contribution in [0.25, 0.3) is 0 Å². The van der Waals surface area contributed by atoms with E-state index in [2.05, 4.69) is 31.1 Å². The summed E-state index contributed by atoms with van der Waals surface area (Å²) >= 11 is 1.21. The van der Waals surface area contributed by atoms with Crippen LogP contribution < -0.4 is 11.1 Å². The van der Waals surface area contributed by atoms with Crippen LogP contribution in [0.5, 0.6) is 0 Å². The second-order valence-corrected chi connectivity index (χ2v) is 10.1. The minimum atomic E-state index is -1.10. The third kappa shape index (κ3) is 9.04. The van der Waals surface area contributed by atoms with Crippen LogP contribution in [0.3, 0.4) is 0 Å². The standard InChI is InChI=1S/C24H42N4O4S/c1-7-9-10-11-12-28(23(30)21(25)16(5)8-2)20(15(3)4)13-18(26-17(6)29)22-27-19(14-33-22)24(31)32/h14-16,18,20-21H,7-13,25H2,1-6H3,(H,26,29)(H,31,32)/t16-,18+,20+,21-/m0/s1. The van der Waals surface area contributed by atoms with Gasteiger partial charge in [0, 0.05) is 24.9 Å². The maximum absolute atomic E-state index is 13.5. The Balaban J connectivity index is 3.26. The van der Waals surface area contributed by atoms with Gasteiger partial charge in [-0.25, -0.2) is 9.78 Å². The maximum Gasteiger partial charge on any atom is 0.355 e. The van der Waals surface area contributed by atoms with Gasteiger partial charge in [-0.05, 0) is 24.7 Å². The summed E-state index contributed by atoms with van der Waals surface area (Å²) in [5.74, 6) is -1.23. The quantitative estimate of drug-likeness (QED) is 0.321. The first-order chi connectivity index (χ1) is 15.5. The molecule has 0 saturated heterocycles. The summed E-state index contributed by atoms with van der Waals surface area (Å²) in [4.78, 5) is 42.9. The molecule has 9 heteroatoms. The lowest BCUT2D eigenvalue weighted by molar-refractivity contribution is -0.137. The molecule has 2 amide bonds. The summed E-state index contributed by atoms with van der Waals surface area (Å²) in [5, 5.41) is 14.2. The first kappa shape index (κ1) is 29.0. The first-order valence-electron chi connectivity index (χ1n) is 12.0. The number of carboxylic acids is 1. The molecule has 1 aromatic heterocycles. The zero-order valence-electron chi connectivity index (χ0n) is 21.0. The molecule has 0 aromatic carbocycles. The lowest BCUT2D eigenvalue weighted by Crippen LogP contribution is -2.53. The van der Waals surface area contributed by atoms with Crippen molar-refractivity contribution in [1.29, 1.82) is 0 Å². The molecule has 4 atom stereocenters. The number of carboxylic acid groups (broad SMARTS) is 1. The molecule has 8 nitrogen and oxygen atoms in total. The number of nitrogens with two attached hydrogens (primary N) is 1. The highest BCUT2D eigenvalue weighted by molar-refractivity contribution is 7.09. The molecule has 0 unspecified atom stereocenters. The van der Waals surface area contributed by atoms with Crippen molar-refractivity contribution in [2.24, 2.45) is 17.6 Å². The second kappa shape index (κ2) is 14.3. The molecule has 4 N–H and O–H groups in total. The molecule has 0 bridgehead atoms. The van der Waals surface area contributed by atoms with E-state index < -0.39 is 18.1 Å². The topological polar surface area (TPSA) is 126 Å². The Kier molecular flexibility index (Phi) is 12.6. The third-order valence-corrected chi connectivity index (χ3v) is 7.10. The number of rotatable bonds is 15. The number of thiazole rings is 1. The van der Waals surface area contributed by atoms with Gasteiger partial charge in [-0.1, -0.05) is 60.3 Å². The molecular formula is C24H42N4O4S. The fraction of sp³-hybridized carbons (Fsp3) is 0.750. The number of carbonyl (C=O) groups is 3. The van der Waals surface area contributed by atoms with E-state index in [4.69, 9.17) is 5.73 Å². The number of nitrogens with zero attached hydrogens (tertiary/aromatic N) is 2. The summed E-state index contributed by atoms with van der Waals surface area (Å²) in [6, 6.07) is -1.25. The molecule has 1 aromatic rings. The number of nitrogens with one attached hydrogen (secondary N) is 1. The van der Waals surface area contributed by atoms with Gasteiger partial charge in [-0.2, -0.15) is 0 Å². The Morgan fingerprint density at radius 1 is 1.18 bits per heavy atom. The van der Waals surface area contributed by atoms with Crippen LogP contribution in [0.2, 0.25) is 0 Å². The largest absolute Gasteiger partial charge is 0.476 e. The van der Waals surface area contributed by atoms with Crippen molar-refractivity contribution in [2.75, 3.05) is 6.54 Å². The van der Waals surface area contributed by atoms with Crippen LogP contribution in [0.4, 0.5) is 0 Å². The fourth-order valence-corrected chi connectivity index (χ4v) is 4.71. The van der Waals surface area contributed by atoms with Crippen LogP contribution in [0, 0.1) is 11.8 Å². The molecule has 0 spiro atoms. The van der Waals surface area contributed by atoms with E-state index in [0.717, 1.165) is 32.1 Å². The van der Waals surface area contributed by atoms with Gasteiger partial charge in [0.25, 0.3) is 0 Å². The molecule has 1 heterocycles. The highest BCUT2D eigenvalue weighted by atomic mass is 32.1. The van der Waals surface area contributed by atoms with Gasteiger partial charge in [-0.3, -0.25) is 9.59 Å². The SMILES string of the molecule is CCCCCCN(C(=O)[C@@H](N)[C@@H](C)CC)[C@H](C[C@@H](NC(C)=O)c1nc(C(=O)O)cs1)C(C)C. The Hall–Kier alpha value is -2.00. The average Bonchev–Trinajstić information content (AvgIpc) is 3.26. The van der Waals surface area contributed by atoms with E-state index in [9.17, 15) is 19.5 Å². The molecular weight excluding hydrogens is 440 g/mol. The Morgan fingerprint density at radius 3 is 2.33 bits per heavy atom. The maximum atomic E-state index is 13.5. The van der Waals surface area contributed by atoms with Gasteiger partial charge in [-0.15, -0.1) is 11.3 Å². The summed E-state index contributed by atoms with van der Waals surface area (Å²) in [6.45, 7) is 12.3. The number of unbranched alkanes of at least 4 members (excludes halogenated alkanes) is 3. The number of amides is 2. The van der Waals surface area contributed by atoms with Gasteiger partial charge in [0.05, 0.1) is 12.1 Å². The number of aromatic nitrogens is 1. The second-order valence-electron chi connectivity index (χ2n) is 9.18. The van der Waals surface area contributed by atoms with Crippen molar-refractivity contribution in [3.63, 3.8) is 0 Å². The van der Waals surface area contributed by atoms with E-state index in [1.54, 1.807) is 0 Å². The zero-order valence-corrected chi connectivity index (χ0v) is 21.8. The van der Waals surface area contributed by atoms with Gasteiger partial charge >= 0.3 is 5.97 Å². The van der Waals surface area contributed by atoms with Crippen LogP contribution in [-0.2, 0) is 9.59 Å². The van der Waals surface area contributed by atoms with Crippen molar-refractivity contribution in [3.8, 4) is 0 Å². The molecule has 0 aliphatic carbocycles. The van der Waals surface area contributed by atoms with Crippen molar-refractivity contribution in [3.05, 3.63) is 16.1 Å². The summed E-state index contributed by atoms with van der Waals surface area (Å²) < 4.78 is 0. The van der Waals surface area contributed by atoms with Crippen LogP contribution in [0.1, 0.15) is 102 Å². The lowest BCUT2D eigenvalue weighted by Gasteiger charge is -2.39. The number of carbonyl (C=O) groups excluding carboxylic acids is 2. The minimum absolute atomic E-state index is 0.0438. The number of hydrogen-bond acceptors (Lipinski definition) is 6. The zero-order chi connectivity index (χ0) is 25.1. The van der Waals surface area contributed by atoms with Crippen LogP contribution in [-0.4, -0.2) is 51.4 Å². The summed E-state index contributed by atoms with van der Waals surface area (Å²) in [7, 11) is 0. The number of aromatic carboxylic acids is 1. The monoisotopic (exact) mass is 482 g/mol. The van der Waals surface area contributed by atoms with E-state index in [0.29, 0.717) is 18.0 Å². The van der Waals surface area contributed by atoms with Crippen LogP contribution in [0.15, 0.2) is 5.38 Å². The molecule has 1 rings (SSSR count). The Bertz CT molecular complexity index is 767. The van der Waals surface area contributed by atoms with E-state index in [1.165, 1.54) is 23.6 Å². The summed E-state index contributed by atoms with van der Waals surface area (Å²) in [6.07, 6.45) is 5.39. The third-order valence-electron chi connectivity index (χ3n) is 6.14.